The summed E-state index contributed by atoms with van der Waals surface area (Å²) in [6.45, 7) is 0.533. The first kappa shape index (κ1) is 9.59. The van der Waals surface area contributed by atoms with Gasteiger partial charge in [0, 0.05) is 22.9 Å². The number of anilines is 1. The Hall–Kier alpha value is -1.62. The van der Waals surface area contributed by atoms with Gasteiger partial charge in [0.1, 0.15) is 11.6 Å². The lowest BCUT2D eigenvalue weighted by atomic mass is 10.1. The van der Waals surface area contributed by atoms with Gasteiger partial charge >= 0.3 is 0 Å². The lowest BCUT2D eigenvalue weighted by Gasteiger charge is -2.05. The van der Waals surface area contributed by atoms with Crippen molar-refractivity contribution in [3.63, 3.8) is 0 Å². The lowest BCUT2D eigenvalue weighted by molar-refractivity contribution is 0.325. The van der Waals surface area contributed by atoms with Gasteiger partial charge in [-0.2, -0.15) is 0 Å². The van der Waals surface area contributed by atoms with Crippen molar-refractivity contribution in [3.05, 3.63) is 28.9 Å². The van der Waals surface area contributed by atoms with E-state index in [0.29, 0.717) is 17.5 Å². The van der Waals surface area contributed by atoms with Crippen LogP contribution in [0.15, 0.2) is 18.2 Å². The SMILES string of the molecule is Nc1nc2c(s1)CCOc1cc(F)ccc1-2. The molecule has 0 bridgehead atoms. The smallest absolute Gasteiger partial charge is 0.180 e. The molecule has 0 saturated heterocycles. The fourth-order valence-corrected chi connectivity index (χ4v) is 2.64. The van der Waals surface area contributed by atoms with E-state index in [1.165, 1.54) is 23.5 Å². The Morgan fingerprint density at radius 2 is 2.31 bits per heavy atom. The quantitative estimate of drug-likeness (QED) is 0.764. The fourth-order valence-electron chi connectivity index (χ4n) is 1.81. The lowest BCUT2D eigenvalue weighted by Crippen LogP contribution is -1.97. The van der Waals surface area contributed by atoms with Crippen molar-refractivity contribution in [1.29, 1.82) is 0 Å². The maximum absolute atomic E-state index is 13.1. The summed E-state index contributed by atoms with van der Waals surface area (Å²) in [6.07, 6.45) is 0.764. The predicted octanol–water partition coefficient (Wildman–Crippen LogP) is 2.47. The molecule has 2 aromatic rings. The third-order valence-corrected chi connectivity index (χ3v) is 3.44. The highest BCUT2D eigenvalue weighted by atomic mass is 32.1. The Kier molecular flexibility index (Phi) is 2.07. The Balaban J connectivity index is 2.24. The van der Waals surface area contributed by atoms with Crippen molar-refractivity contribution < 1.29 is 9.13 Å². The third kappa shape index (κ3) is 1.44. The summed E-state index contributed by atoms with van der Waals surface area (Å²) in [7, 11) is 0. The summed E-state index contributed by atoms with van der Waals surface area (Å²) in [5.74, 6) is 0.245. The number of ether oxygens (including phenoxy) is 1. The standard InChI is InChI=1S/C11H9FN2OS/c12-6-1-2-7-8(5-6)15-4-3-9-10(7)14-11(13)16-9/h1-2,5H,3-4H2,(H2,13,14). The molecule has 0 unspecified atom stereocenters. The highest BCUT2D eigenvalue weighted by Crippen LogP contribution is 2.38. The molecule has 2 N–H and O–H groups in total. The molecule has 3 nitrogen and oxygen atoms in total. The second-order valence-electron chi connectivity index (χ2n) is 3.56. The number of halogens is 1. The average molecular weight is 236 g/mol. The molecule has 0 amide bonds. The van der Waals surface area contributed by atoms with Gasteiger partial charge in [0.25, 0.3) is 0 Å². The van der Waals surface area contributed by atoms with Crippen LogP contribution in [0.1, 0.15) is 4.88 Å². The molecular formula is C11H9FN2OS. The van der Waals surface area contributed by atoms with Crippen LogP contribution in [0, 0.1) is 5.82 Å². The number of aromatic nitrogens is 1. The van der Waals surface area contributed by atoms with Gasteiger partial charge < -0.3 is 10.5 Å². The minimum absolute atomic E-state index is 0.301. The Morgan fingerprint density at radius 3 is 3.19 bits per heavy atom. The summed E-state index contributed by atoms with van der Waals surface area (Å²) < 4.78 is 18.6. The van der Waals surface area contributed by atoms with E-state index in [9.17, 15) is 4.39 Å². The van der Waals surface area contributed by atoms with E-state index >= 15 is 0 Å². The van der Waals surface area contributed by atoms with Crippen molar-refractivity contribution in [2.75, 3.05) is 12.3 Å². The van der Waals surface area contributed by atoms with Crippen LogP contribution >= 0.6 is 11.3 Å². The maximum Gasteiger partial charge on any atom is 0.180 e. The van der Waals surface area contributed by atoms with Crippen molar-refractivity contribution >= 4 is 16.5 Å². The molecule has 5 heteroatoms. The number of rotatable bonds is 0. The number of hydrogen-bond donors (Lipinski definition) is 1. The van der Waals surface area contributed by atoms with Crippen LogP contribution in [-0.4, -0.2) is 11.6 Å². The summed E-state index contributed by atoms with van der Waals surface area (Å²) in [4.78, 5) is 5.38. The molecule has 1 aromatic heterocycles. The van der Waals surface area contributed by atoms with Gasteiger partial charge in [0.15, 0.2) is 5.13 Å². The van der Waals surface area contributed by atoms with Crippen LogP contribution in [0.3, 0.4) is 0 Å². The van der Waals surface area contributed by atoms with Crippen molar-refractivity contribution in [3.8, 4) is 17.0 Å². The molecule has 0 fully saturated rings. The van der Waals surface area contributed by atoms with Crippen molar-refractivity contribution in [2.24, 2.45) is 0 Å². The van der Waals surface area contributed by atoms with Crippen LogP contribution in [-0.2, 0) is 6.42 Å². The topological polar surface area (TPSA) is 48.1 Å². The van der Waals surface area contributed by atoms with E-state index in [1.807, 2.05) is 0 Å². The molecule has 0 atom stereocenters. The third-order valence-electron chi connectivity index (χ3n) is 2.50. The number of fused-ring (bicyclic) bond motifs is 3. The van der Waals surface area contributed by atoms with E-state index in [0.717, 1.165) is 22.6 Å². The van der Waals surface area contributed by atoms with E-state index in [4.69, 9.17) is 10.5 Å². The first-order chi connectivity index (χ1) is 7.74. The Bertz CT molecular complexity index is 553. The van der Waals surface area contributed by atoms with Crippen LogP contribution < -0.4 is 10.5 Å². The zero-order valence-corrected chi connectivity index (χ0v) is 9.18. The van der Waals surface area contributed by atoms with Crippen LogP contribution in [0.2, 0.25) is 0 Å². The molecule has 16 heavy (non-hydrogen) atoms. The summed E-state index contributed by atoms with van der Waals surface area (Å²) >= 11 is 1.46. The molecule has 3 rings (SSSR count). The normalized spacial score (nSPS) is 13.6. The van der Waals surface area contributed by atoms with E-state index in [2.05, 4.69) is 4.98 Å². The van der Waals surface area contributed by atoms with Gasteiger partial charge in [-0.05, 0) is 12.1 Å². The summed E-state index contributed by atoms with van der Waals surface area (Å²) in [6, 6.07) is 4.49. The number of thiazole rings is 1. The molecule has 82 valence electrons. The number of benzene rings is 1. The molecule has 2 heterocycles. The van der Waals surface area contributed by atoms with Gasteiger partial charge in [0.2, 0.25) is 0 Å². The molecule has 0 aliphatic carbocycles. The van der Waals surface area contributed by atoms with Crippen molar-refractivity contribution in [1.82, 2.24) is 4.98 Å². The summed E-state index contributed by atoms with van der Waals surface area (Å²) in [5.41, 5.74) is 7.34. The fraction of sp³-hybridized carbons (Fsp3) is 0.182. The molecule has 0 spiro atoms. The summed E-state index contributed by atoms with van der Waals surface area (Å²) in [5, 5.41) is 0.544. The van der Waals surface area contributed by atoms with E-state index in [1.54, 1.807) is 6.07 Å². The molecule has 1 aliphatic heterocycles. The van der Waals surface area contributed by atoms with Gasteiger partial charge in [-0.15, -0.1) is 11.3 Å². The zero-order chi connectivity index (χ0) is 11.1. The van der Waals surface area contributed by atoms with Crippen LogP contribution in [0.5, 0.6) is 5.75 Å². The monoisotopic (exact) mass is 236 g/mol. The number of nitrogens with zero attached hydrogens (tertiary/aromatic N) is 1. The van der Waals surface area contributed by atoms with Gasteiger partial charge in [0.05, 0.1) is 12.3 Å². The Morgan fingerprint density at radius 1 is 1.44 bits per heavy atom. The highest BCUT2D eigenvalue weighted by molar-refractivity contribution is 7.15. The van der Waals surface area contributed by atoms with Crippen LogP contribution in [0.25, 0.3) is 11.3 Å². The minimum Gasteiger partial charge on any atom is -0.492 e. The minimum atomic E-state index is -0.301. The molecular weight excluding hydrogens is 227 g/mol. The second-order valence-corrected chi connectivity index (χ2v) is 4.68. The average Bonchev–Trinajstić information content (AvgIpc) is 2.52. The second kappa shape index (κ2) is 3.45. The van der Waals surface area contributed by atoms with Crippen LogP contribution in [0.4, 0.5) is 9.52 Å². The largest absolute Gasteiger partial charge is 0.492 e. The first-order valence-electron chi connectivity index (χ1n) is 4.92. The number of hydrogen-bond acceptors (Lipinski definition) is 4. The predicted molar refractivity (Wildman–Crippen MR) is 61.1 cm³/mol. The maximum atomic E-state index is 13.1. The molecule has 0 saturated carbocycles. The number of nitrogen functional groups attached to an aromatic ring is 1. The van der Waals surface area contributed by atoms with Crippen molar-refractivity contribution in [2.45, 2.75) is 6.42 Å². The number of nitrogens with two attached hydrogens (primary N) is 1. The van der Waals surface area contributed by atoms with Gasteiger partial charge in [-0.1, -0.05) is 0 Å². The highest BCUT2D eigenvalue weighted by Gasteiger charge is 2.19. The first-order valence-corrected chi connectivity index (χ1v) is 5.73. The Labute approximate surface area is 95.7 Å². The van der Waals surface area contributed by atoms with E-state index < -0.39 is 0 Å². The van der Waals surface area contributed by atoms with Gasteiger partial charge in [-0.3, -0.25) is 0 Å². The van der Waals surface area contributed by atoms with E-state index in [-0.39, 0.29) is 5.82 Å². The molecule has 0 radical (unpaired) electrons. The zero-order valence-electron chi connectivity index (χ0n) is 8.37. The van der Waals surface area contributed by atoms with Gasteiger partial charge in [-0.25, -0.2) is 9.37 Å². The molecule has 1 aromatic carbocycles. The molecule has 1 aliphatic rings.